The van der Waals surface area contributed by atoms with E-state index in [1.54, 1.807) is 23.2 Å². The van der Waals surface area contributed by atoms with E-state index in [0.29, 0.717) is 11.7 Å². The van der Waals surface area contributed by atoms with Gasteiger partial charge in [0.15, 0.2) is 0 Å². The van der Waals surface area contributed by atoms with Crippen molar-refractivity contribution in [2.45, 2.75) is 13.8 Å². The molecule has 0 radical (unpaired) electrons. The molecule has 4 aromatic rings. The number of H-pyrrole nitrogens is 1. The molecule has 0 unspecified atom stereocenters. The minimum Gasteiger partial charge on any atom is -0.334 e. The van der Waals surface area contributed by atoms with Crippen LogP contribution in [0.25, 0.3) is 28.5 Å². The van der Waals surface area contributed by atoms with Gasteiger partial charge < -0.3 is 9.51 Å². The fourth-order valence-corrected chi connectivity index (χ4v) is 2.70. The molecule has 3 heterocycles. The maximum Gasteiger partial charge on any atom is 0.330 e. The summed E-state index contributed by atoms with van der Waals surface area (Å²) in [6.07, 6.45) is 5.13. The van der Waals surface area contributed by atoms with E-state index in [-0.39, 0.29) is 5.69 Å². The molecule has 0 aliphatic rings. The van der Waals surface area contributed by atoms with Gasteiger partial charge in [0, 0.05) is 35.4 Å². The summed E-state index contributed by atoms with van der Waals surface area (Å²) in [5.41, 5.74) is 4.09. The van der Waals surface area contributed by atoms with Crippen molar-refractivity contribution in [1.82, 2.24) is 24.7 Å². The first-order valence-electron chi connectivity index (χ1n) is 7.76. The van der Waals surface area contributed by atoms with Gasteiger partial charge in [-0.25, -0.2) is 4.79 Å². The topological polar surface area (TPSA) is 89.6 Å². The lowest BCUT2D eigenvalue weighted by molar-refractivity contribution is 0.432. The number of imidazole rings is 1. The molecule has 4 rings (SSSR count). The highest BCUT2D eigenvalue weighted by Crippen LogP contribution is 2.24. The van der Waals surface area contributed by atoms with E-state index >= 15 is 0 Å². The normalized spacial score (nSPS) is 11.0. The molecule has 1 aromatic carbocycles. The molecule has 124 valence electrons. The van der Waals surface area contributed by atoms with Crippen LogP contribution < -0.4 is 5.69 Å². The molecule has 7 heteroatoms. The first-order chi connectivity index (χ1) is 12.1. The Morgan fingerprint density at radius 1 is 1.12 bits per heavy atom. The van der Waals surface area contributed by atoms with Gasteiger partial charge in [0.2, 0.25) is 5.82 Å². The third kappa shape index (κ3) is 2.65. The first-order valence-corrected chi connectivity index (χ1v) is 7.76. The first kappa shape index (κ1) is 15.1. The van der Waals surface area contributed by atoms with Gasteiger partial charge in [-0.2, -0.15) is 4.98 Å². The van der Waals surface area contributed by atoms with Gasteiger partial charge in [0.05, 0.1) is 5.69 Å². The van der Waals surface area contributed by atoms with Crippen molar-refractivity contribution in [3.05, 3.63) is 70.7 Å². The number of hydrogen-bond acceptors (Lipinski definition) is 5. The van der Waals surface area contributed by atoms with Crippen LogP contribution >= 0.6 is 0 Å². The van der Waals surface area contributed by atoms with Crippen LogP contribution in [-0.4, -0.2) is 24.7 Å². The van der Waals surface area contributed by atoms with Gasteiger partial charge >= 0.3 is 5.69 Å². The summed E-state index contributed by atoms with van der Waals surface area (Å²) < 4.78 is 6.98. The van der Waals surface area contributed by atoms with E-state index in [0.717, 1.165) is 28.1 Å². The monoisotopic (exact) mass is 333 g/mol. The van der Waals surface area contributed by atoms with Crippen LogP contribution in [0.4, 0.5) is 0 Å². The highest BCUT2D eigenvalue weighted by Gasteiger charge is 2.13. The number of pyridine rings is 1. The average Bonchev–Trinajstić information content (AvgIpc) is 3.23. The van der Waals surface area contributed by atoms with E-state index in [1.165, 1.54) is 0 Å². The van der Waals surface area contributed by atoms with E-state index in [4.69, 9.17) is 4.52 Å². The summed E-state index contributed by atoms with van der Waals surface area (Å²) in [6.45, 7) is 3.81. The zero-order valence-electron chi connectivity index (χ0n) is 13.7. The molecule has 1 N–H and O–H groups in total. The Morgan fingerprint density at radius 3 is 2.60 bits per heavy atom. The van der Waals surface area contributed by atoms with Crippen LogP contribution in [0.15, 0.2) is 58.2 Å². The highest BCUT2D eigenvalue weighted by molar-refractivity contribution is 5.62. The molecule has 0 fully saturated rings. The predicted octanol–water partition coefficient (Wildman–Crippen LogP) is 2.89. The number of aromatic amines is 1. The second-order valence-electron chi connectivity index (χ2n) is 5.73. The molecular formula is C18H15N5O2. The van der Waals surface area contributed by atoms with Crippen molar-refractivity contribution in [3.63, 3.8) is 0 Å². The van der Waals surface area contributed by atoms with Gasteiger partial charge in [-0.05, 0) is 49.7 Å². The van der Waals surface area contributed by atoms with Crippen molar-refractivity contribution >= 4 is 0 Å². The SMILES string of the molecule is Cc1cnccc1-c1nc(-c2ccc(-n3c(C)c[nH]c3=O)cc2)no1. The average molecular weight is 333 g/mol. The Hall–Kier alpha value is -3.48. The van der Waals surface area contributed by atoms with E-state index in [1.807, 2.05) is 44.2 Å². The van der Waals surface area contributed by atoms with Crippen LogP contribution in [0.5, 0.6) is 0 Å². The summed E-state index contributed by atoms with van der Waals surface area (Å²) in [5.74, 6) is 0.951. The smallest absolute Gasteiger partial charge is 0.330 e. The molecule has 0 atom stereocenters. The molecule has 0 amide bonds. The number of hydrogen-bond donors (Lipinski definition) is 1. The Balaban J connectivity index is 1.68. The Kier molecular flexibility index (Phi) is 3.53. The fraction of sp³-hybridized carbons (Fsp3) is 0.111. The standard InChI is InChI=1S/C18H15N5O2/c1-11-9-19-8-7-15(11)17-21-16(22-25-17)13-3-5-14(6-4-13)23-12(2)10-20-18(23)24/h3-10H,1-2H3,(H,20,24). The summed E-state index contributed by atoms with van der Waals surface area (Å²) in [5, 5.41) is 4.05. The fourth-order valence-electron chi connectivity index (χ4n) is 2.70. The van der Waals surface area contributed by atoms with Gasteiger partial charge in [-0.15, -0.1) is 0 Å². The second-order valence-corrected chi connectivity index (χ2v) is 5.73. The maximum atomic E-state index is 11.9. The lowest BCUT2D eigenvalue weighted by Crippen LogP contribution is -2.15. The van der Waals surface area contributed by atoms with E-state index in [9.17, 15) is 4.79 Å². The Bertz CT molecular complexity index is 1090. The summed E-state index contributed by atoms with van der Waals surface area (Å²) in [4.78, 5) is 23.0. The van der Waals surface area contributed by atoms with Crippen molar-refractivity contribution in [3.8, 4) is 28.5 Å². The van der Waals surface area contributed by atoms with Crippen LogP contribution in [-0.2, 0) is 0 Å². The van der Waals surface area contributed by atoms with E-state index in [2.05, 4.69) is 20.1 Å². The van der Waals surface area contributed by atoms with Crippen LogP contribution in [0.3, 0.4) is 0 Å². The molecule has 0 spiro atoms. The minimum absolute atomic E-state index is 0.166. The quantitative estimate of drug-likeness (QED) is 0.622. The van der Waals surface area contributed by atoms with Crippen LogP contribution in [0.2, 0.25) is 0 Å². The molecule has 3 aromatic heterocycles. The largest absolute Gasteiger partial charge is 0.334 e. The molecule has 25 heavy (non-hydrogen) atoms. The lowest BCUT2D eigenvalue weighted by atomic mass is 10.1. The number of aromatic nitrogens is 5. The molecule has 0 bridgehead atoms. The molecule has 7 nitrogen and oxygen atoms in total. The maximum absolute atomic E-state index is 11.9. The third-order valence-electron chi connectivity index (χ3n) is 4.02. The second kappa shape index (κ2) is 5.86. The number of nitrogens with one attached hydrogen (secondary N) is 1. The third-order valence-corrected chi connectivity index (χ3v) is 4.02. The number of nitrogens with zero attached hydrogens (tertiary/aromatic N) is 4. The zero-order chi connectivity index (χ0) is 17.4. The molecule has 0 saturated heterocycles. The summed E-state index contributed by atoms with van der Waals surface area (Å²) in [6, 6.07) is 9.28. The van der Waals surface area contributed by atoms with Crippen molar-refractivity contribution in [1.29, 1.82) is 0 Å². The van der Waals surface area contributed by atoms with Crippen LogP contribution in [0, 0.1) is 13.8 Å². The Morgan fingerprint density at radius 2 is 1.92 bits per heavy atom. The summed E-state index contributed by atoms with van der Waals surface area (Å²) >= 11 is 0. The number of rotatable bonds is 3. The van der Waals surface area contributed by atoms with Gasteiger partial charge in [-0.3, -0.25) is 9.55 Å². The summed E-state index contributed by atoms with van der Waals surface area (Å²) in [7, 11) is 0. The minimum atomic E-state index is -0.166. The lowest BCUT2D eigenvalue weighted by Gasteiger charge is -2.04. The number of benzene rings is 1. The Labute approximate surface area is 143 Å². The molecule has 0 aliphatic heterocycles. The van der Waals surface area contributed by atoms with Crippen molar-refractivity contribution in [2.24, 2.45) is 0 Å². The van der Waals surface area contributed by atoms with Gasteiger partial charge in [0.25, 0.3) is 5.89 Å². The van der Waals surface area contributed by atoms with Crippen LogP contribution in [0.1, 0.15) is 11.3 Å². The van der Waals surface area contributed by atoms with E-state index < -0.39 is 0 Å². The predicted molar refractivity (Wildman–Crippen MR) is 92.4 cm³/mol. The molecule has 0 saturated carbocycles. The van der Waals surface area contributed by atoms with Crippen molar-refractivity contribution < 1.29 is 4.52 Å². The zero-order valence-corrected chi connectivity index (χ0v) is 13.7. The number of aryl methyl sites for hydroxylation is 2. The molecular weight excluding hydrogens is 318 g/mol. The highest BCUT2D eigenvalue weighted by atomic mass is 16.5. The van der Waals surface area contributed by atoms with Gasteiger partial charge in [0.1, 0.15) is 0 Å². The van der Waals surface area contributed by atoms with Gasteiger partial charge in [-0.1, -0.05) is 5.16 Å². The van der Waals surface area contributed by atoms with Crippen molar-refractivity contribution in [2.75, 3.05) is 0 Å². The molecule has 0 aliphatic carbocycles.